The van der Waals surface area contributed by atoms with Crippen LogP contribution < -0.4 is 19.5 Å². The first-order valence-electron chi connectivity index (χ1n) is 16.3. The summed E-state index contributed by atoms with van der Waals surface area (Å²) in [6.07, 6.45) is -4.95. The maximum absolute atomic E-state index is 14.4. The maximum atomic E-state index is 14.4. The van der Waals surface area contributed by atoms with Crippen LogP contribution in [0, 0.1) is 12.7 Å². The molecule has 3 aromatic heterocycles. The first-order valence-corrected chi connectivity index (χ1v) is 16.3. The molecule has 1 N–H and O–H groups in total. The number of rotatable bonds is 10. The number of ether oxygens (including phenoxy) is 3. The molecule has 7 aromatic rings. The highest BCUT2D eigenvalue weighted by Gasteiger charge is 2.32. The van der Waals surface area contributed by atoms with Gasteiger partial charge in [-0.05, 0) is 75.9 Å². The van der Waals surface area contributed by atoms with Gasteiger partial charge in [-0.15, -0.1) is 36.5 Å². The van der Waals surface area contributed by atoms with Crippen LogP contribution in [0.3, 0.4) is 0 Å². The molecule has 0 fully saturated rings. The molecule has 8 rings (SSSR count). The van der Waals surface area contributed by atoms with Crippen molar-refractivity contribution in [2.24, 2.45) is 4.99 Å². The van der Waals surface area contributed by atoms with Crippen LogP contribution in [0.15, 0.2) is 110 Å². The molecule has 1 aliphatic rings. The lowest BCUT2D eigenvalue weighted by molar-refractivity contribution is -0.275. The molecule has 0 atom stereocenters. The van der Waals surface area contributed by atoms with Crippen LogP contribution in [-0.4, -0.2) is 45.5 Å². The summed E-state index contributed by atoms with van der Waals surface area (Å²) in [6.45, 7) is 2.08. The average Bonchev–Trinajstić information content (AvgIpc) is 3.97. The first-order chi connectivity index (χ1) is 26.8. The van der Waals surface area contributed by atoms with E-state index in [0.717, 1.165) is 40.8 Å². The number of hydrogen-bond donors (Lipinski definition) is 1. The van der Waals surface area contributed by atoms with Gasteiger partial charge in [-0.25, -0.2) is 4.39 Å². The number of anilines is 1. The Morgan fingerprint density at radius 2 is 1.38 bits per heavy atom. The Morgan fingerprint density at radius 1 is 0.732 bits per heavy atom. The van der Waals surface area contributed by atoms with Gasteiger partial charge < -0.3 is 33.0 Å². The van der Waals surface area contributed by atoms with Crippen LogP contribution in [-0.2, 0) is 6.61 Å². The SMILES string of the molecule is Cc1nnc(COc2noc3c(F)cc(-c4ccc(OC(F)(F)F)cc4)cc23)o1.FC(F)(F)Oc1ccc(-c2ccc3onc(NCC4=NC=CC4)c3c2)cc1. The third-order valence-electron chi connectivity index (χ3n) is 7.88. The predicted octanol–water partition coefficient (Wildman–Crippen LogP) is 9.97. The Kier molecular flexibility index (Phi) is 10.3. The van der Waals surface area contributed by atoms with Crippen molar-refractivity contribution in [1.82, 2.24) is 20.5 Å². The highest BCUT2D eigenvalue weighted by Crippen LogP contribution is 2.35. The summed E-state index contributed by atoms with van der Waals surface area (Å²) in [4.78, 5) is 4.24. The second-order valence-corrected chi connectivity index (χ2v) is 11.9. The summed E-state index contributed by atoms with van der Waals surface area (Å²) in [6, 6.07) is 18.9. The van der Waals surface area contributed by atoms with Gasteiger partial charge in [-0.1, -0.05) is 41.6 Å². The molecule has 12 nitrogen and oxygen atoms in total. The van der Waals surface area contributed by atoms with Crippen molar-refractivity contribution in [2.45, 2.75) is 32.7 Å². The fourth-order valence-electron chi connectivity index (χ4n) is 5.42. The lowest BCUT2D eigenvalue weighted by atomic mass is 10.0. The summed E-state index contributed by atoms with van der Waals surface area (Å²) in [5.74, 6) is -0.177. The van der Waals surface area contributed by atoms with Crippen LogP contribution in [0.4, 0.5) is 36.6 Å². The van der Waals surface area contributed by atoms with Crippen molar-refractivity contribution in [3.63, 3.8) is 0 Å². The second-order valence-electron chi connectivity index (χ2n) is 11.9. The van der Waals surface area contributed by atoms with Crippen LogP contribution in [0.2, 0.25) is 0 Å². The van der Waals surface area contributed by atoms with Crippen molar-refractivity contribution in [3.8, 4) is 39.6 Å². The second kappa shape index (κ2) is 15.4. The Hall–Kier alpha value is -6.92. The van der Waals surface area contributed by atoms with E-state index in [9.17, 15) is 30.7 Å². The lowest BCUT2D eigenvalue weighted by Gasteiger charge is -2.09. The van der Waals surface area contributed by atoms with Gasteiger partial charge in [0.05, 0.1) is 17.3 Å². The van der Waals surface area contributed by atoms with Crippen LogP contribution in [0.25, 0.3) is 44.2 Å². The summed E-state index contributed by atoms with van der Waals surface area (Å²) >= 11 is 0. The van der Waals surface area contributed by atoms with Gasteiger partial charge in [0.25, 0.3) is 11.8 Å². The summed E-state index contributed by atoms with van der Waals surface area (Å²) in [7, 11) is 0. The van der Waals surface area contributed by atoms with E-state index in [-0.39, 0.29) is 40.8 Å². The standard InChI is InChI=1S/C19H14F3N3O2.C18H11F4N3O4/c20-19(21,22)26-15-6-3-12(4-7-15)13-5-8-17-16(10-13)18(25-27-17)24-11-14-2-1-9-23-14;1-9-23-24-15(27-9)8-26-17-13-6-11(7-14(19)16(13)29-25-17)10-2-4-12(5-3-10)28-18(20,21)22/h1,3-10H,2,11H2,(H,24,25);2-7H,8H2,1H3. The number of benzene rings is 4. The maximum Gasteiger partial charge on any atom is 0.573 e. The number of hydrogen-bond acceptors (Lipinski definition) is 12. The van der Waals surface area contributed by atoms with E-state index in [2.05, 4.69) is 40.3 Å². The summed E-state index contributed by atoms with van der Waals surface area (Å²) < 4.78 is 117. The van der Waals surface area contributed by atoms with Gasteiger partial charge in [0.1, 0.15) is 11.5 Å². The van der Waals surface area contributed by atoms with E-state index in [0.29, 0.717) is 35.0 Å². The van der Waals surface area contributed by atoms with Crippen molar-refractivity contribution in [1.29, 1.82) is 0 Å². The zero-order chi connectivity index (χ0) is 39.5. The summed E-state index contributed by atoms with van der Waals surface area (Å²) in [5, 5.41) is 19.4. The van der Waals surface area contributed by atoms with E-state index in [1.165, 1.54) is 30.3 Å². The Balaban J connectivity index is 0.000000172. The average molecular weight is 783 g/mol. The Labute approximate surface area is 310 Å². The van der Waals surface area contributed by atoms with E-state index >= 15 is 0 Å². The topological polar surface area (TPSA) is 143 Å². The molecule has 288 valence electrons. The van der Waals surface area contributed by atoms with Crippen LogP contribution in [0.5, 0.6) is 17.4 Å². The molecule has 0 saturated heterocycles. The number of alkyl halides is 6. The number of aliphatic imine (C=N–C) groups is 1. The van der Waals surface area contributed by atoms with Gasteiger partial charge in [0, 0.05) is 25.3 Å². The normalized spacial score (nSPS) is 12.8. The number of aryl methyl sites for hydroxylation is 1. The smallest absolute Gasteiger partial charge is 0.465 e. The van der Waals surface area contributed by atoms with Gasteiger partial charge in [0.2, 0.25) is 11.5 Å². The van der Waals surface area contributed by atoms with Gasteiger partial charge >= 0.3 is 12.7 Å². The third-order valence-corrected chi connectivity index (χ3v) is 7.88. The molecule has 0 spiro atoms. The zero-order valence-corrected chi connectivity index (χ0v) is 28.6. The minimum atomic E-state index is -4.79. The Bertz CT molecular complexity index is 2520. The molecule has 0 saturated carbocycles. The molecule has 1 aliphatic heterocycles. The van der Waals surface area contributed by atoms with Crippen molar-refractivity contribution < 1.29 is 58.4 Å². The number of aromatic nitrogens is 4. The molecule has 56 heavy (non-hydrogen) atoms. The van der Waals surface area contributed by atoms with Gasteiger partial charge in [0.15, 0.2) is 23.8 Å². The highest BCUT2D eigenvalue weighted by atomic mass is 19.4. The highest BCUT2D eigenvalue weighted by molar-refractivity contribution is 5.96. The molecule has 19 heteroatoms. The monoisotopic (exact) mass is 782 g/mol. The van der Waals surface area contributed by atoms with Crippen LogP contribution in [0.1, 0.15) is 18.2 Å². The van der Waals surface area contributed by atoms with Gasteiger partial charge in [-0.3, -0.25) is 4.99 Å². The van der Waals surface area contributed by atoms with Crippen molar-refractivity contribution in [2.75, 3.05) is 11.9 Å². The molecule has 0 bridgehead atoms. The predicted molar refractivity (Wildman–Crippen MR) is 185 cm³/mol. The molecule has 0 amide bonds. The molecular weight excluding hydrogens is 757 g/mol. The third kappa shape index (κ3) is 9.23. The van der Waals surface area contributed by atoms with E-state index in [4.69, 9.17) is 18.2 Å². The van der Waals surface area contributed by atoms with Crippen molar-refractivity contribution >= 4 is 33.5 Å². The molecule has 0 radical (unpaired) electrons. The largest absolute Gasteiger partial charge is 0.573 e. The number of nitrogens with zero attached hydrogens (tertiary/aromatic N) is 5. The number of allylic oxidation sites excluding steroid dienone is 1. The fraction of sp³-hybridized carbons (Fsp3) is 0.162. The zero-order valence-electron chi connectivity index (χ0n) is 28.6. The Morgan fingerprint density at radius 3 is 1.98 bits per heavy atom. The quantitative estimate of drug-likeness (QED) is 0.132. The van der Waals surface area contributed by atoms with E-state index < -0.39 is 18.5 Å². The molecule has 0 aliphatic carbocycles. The number of halogens is 7. The minimum absolute atomic E-state index is 0.00799. The van der Waals surface area contributed by atoms with E-state index in [1.54, 1.807) is 37.4 Å². The molecule has 4 aromatic carbocycles. The fourth-order valence-corrected chi connectivity index (χ4v) is 5.42. The first kappa shape index (κ1) is 37.4. The van der Waals surface area contributed by atoms with Gasteiger partial charge in [-0.2, -0.15) is 0 Å². The molecular formula is C37H25F7N6O6. The molecule has 0 unspecified atom stereocenters. The lowest BCUT2D eigenvalue weighted by Crippen LogP contribution is -2.16. The minimum Gasteiger partial charge on any atom is -0.465 e. The van der Waals surface area contributed by atoms with Crippen molar-refractivity contribution in [3.05, 3.63) is 109 Å². The van der Waals surface area contributed by atoms with Crippen LogP contribution >= 0.6 is 0 Å². The number of nitrogens with one attached hydrogen (secondary N) is 1. The molecule has 4 heterocycles. The van der Waals surface area contributed by atoms with E-state index in [1.807, 2.05) is 18.2 Å². The summed E-state index contributed by atoms with van der Waals surface area (Å²) in [5.41, 5.74) is 3.92. The number of fused-ring (bicyclic) bond motifs is 2.